The summed E-state index contributed by atoms with van der Waals surface area (Å²) in [6, 6.07) is 0. The summed E-state index contributed by atoms with van der Waals surface area (Å²) in [5.74, 6) is 0.828. The number of carbonyl (C=O) groups is 3. The van der Waals surface area contributed by atoms with Crippen LogP contribution in [0, 0.1) is 11.8 Å². The maximum atomic E-state index is 12.8. The zero-order valence-electron chi connectivity index (χ0n) is 44.6. The average Bonchev–Trinajstić information content (AvgIpc) is 3.29. The molecule has 0 aromatic carbocycles. The van der Waals surface area contributed by atoms with E-state index in [1.807, 2.05) is 0 Å². The average molecular weight is 920 g/mol. The van der Waals surface area contributed by atoms with Crippen LogP contribution in [-0.4, -0.2) is 37.2 Å². The Hall–Kier alpha value is -1.59. The van der Waals surface area contributed by atoms with Crippen molar-refractivity contribution in [2.24, 2.45) is 11.8 Å². The highest BCUT2D eigenvalue weighted by molar-refractivity contribution is 5.71. The smallest absolute Gasteiger partial charge is 0.306 e. The van der Waals surface area contributed by atoms with Gasteiger partial charge in [-0.3, -0.25) is 14.4 Å². The Kier molecular flexibility index (Phi) is 50.5. The van der Waals surface area contributed by atoms with Crippen LogP contribution in [0.15, 0.2) is 0 Å². The molecule has 0 amide bonds. The molecule has 0 bridgehead atoms. The third-order valence-electron chi connectivity index (χ3n) is 13.8. The van der Waals surface area contributed by atoms with Gasteiger partial charge in [-0.1, -0.05) is 291 Å². The van der Waals surface area contributed by atoms with Crippen LogP contribution < -0.4 is 0 Å². The molecule has 2 atom stereocenters. The van der Waals surface area contributed by atoms with Gasteiger partial charge in [0.05, 0.1) is 0 Å². The van der Waals surface area contributed by atoms with Crippen molar-refractivity contribution in [3.8, 4) is 0 Å². The molecular weight excluding hydrogens is 805 g/mol. The largest absolute Gasteiger partial charge is 0.462 e. The molecule has 0 N–H and O–H groups in total. The molecule has 1 unspecified atom stereocenters. The first-order chi connectivity index (χ1) is 31.8. The summed E-state index contributed by atoms with van der Waals surface area (Å²) in [4.78, 5) is 38.0. The lowest BCUT2D eigenvalue weighted by Crippen LogP contribution is -2.30. The fraction of sp³-hybridized carbons (Fsp3) is 0.949. The molecule has 386 valence electrons. The van der Waals surface area contributed by atoms with Crippen LogP contribution in [0.2, 0.25) is 0 Å². The third kappa shape index (κ3) is 51.6. The summed E-state index contributed by atoms with van der Waals surface area (Å²) < 4.78 is 16.9. The molecule has 0 aromatic rings. The SMILES string of the molecule is CCCCCCCCCCCCCCCCCCC(=O)O[C@@H](COC(=O)CCCCCCCCCCCCCCCCCCCCC(C)CC)COC(=O)CCCCCCCCC(C)C. The highest BCUT2D eigenvalue weighted by Crippen LogP contribution is 2.19. The van der Waals surface area contributed by atoms with E-state index < -0.39 is 6.10 Å². The molecule has 0 aliphatic rings. The number of rotatable bonds is 53. The first-order valence-electron chi connectivity index (χ1n) is 29.3. The highest BCUT2D eigenvalue weighted by atomic mass is 16.6. The minimum Gasteiger partial charge on any atom is -0.462 e. The molecular formula is C59H114O6. The predicted molar refractivity (Wildman–Crippen MR) is 280 cm³/mol. The second-order valence-corrected chi connectivity index (χ2v) is 21.0. The lowest BCUT2D eigenvalue weighted by atomic mass is 9.99. The van der Waals surface area contributed by atoms with Crippen molar-refractivity contribution in [1.82, 2.24) is 0 Å². The highest BCUT2D eigenvalue weighted by Gasteiger charge is 2.19. The van der Waals surface area contributed by atoms with Crippen LogP contribution in [0.5, 0.6) is 0 Å². The number of hydrogen-bond acceptors (Lipinski definition) is 6. The summed E-state index contributed by atoms with van der Waals surface area (Å²) in [5.41, 5.74) is 0. The van der Waals surface area contributed by atoms with Gasteiger partial charge in [-0.2, -0.15) is 0 Å². The second-order valence-electron chi connectivity index (χ2n) is 21.0. The molecule has 65 heavy (non-hydrogen) atoms. The first kappa shape index (κ1) is 63.4. The van der Waals surface area contributed by atoms with Crippen molar-refractivity contribution in [3.05, 3.63) is 0 Å². The van der Waals surface area contributed by atoms with Gasteiger partial charge >= 0.3 is 17.9 Å². The summed E-state index contributed by atoms with van der Waals surface area (Å²) in [7, 11) is 0. The van der Waals surface area contributed by atoms with Gasteiger partial charge in [-0.25, -0.2) is 0 Å². The molecule has 0 fully saturated rings. The van der Waals surface area contributed by atoms with Crippen molar-refractivity contribution in [3.63, 3.8) is 0 Å². The minimum absolute atomic E-state index is 0.0636. The molecule has 6 nitrogen and oxygen atoms in total. The van der Waals surface area contributed by atoms with Crippen LogP contribution >= 0.6 is 0 Å². The number of esters is 3. The molecule has 0 radical (unpaired) electrons. The van der Waals surface area contributed by atoms with Crippen LogP contribution in [0.3, 0.4) is 0 Å². The fourth-order valence-corrected chi connectivity index (χ4v) is 9.02. The summed E-state index contributed by atoms with van der Waals surface area (Å²) in [5, 5.41) is 0. The van der Waals surface area contributed by atoms with Crippen molar-refractivity contribution in [2.75, 3.05) is 13.2 Å². The van der Waals surface area contributed by atoms with Crippen LogP contribution in [-0.2, 0) is 28.6 Å². The lowest BCUT2D eigenvalue weighted by Gasteiger charge is -2.18. The van der Waals surface area contributed by atoms with E-state index in [9.17, 15) is 14.4 Å². The van der Waals surface area contributed by atoms with E-state index in [2.05, 4.69) is 34.6 Å². The number of carbonyl (C=O) groups excluding carboxylic acids is 3. The van der Waals surface area contributed by atoms with Crippen LogP contribution in [0.4, 0.5) is 0 Å². The number of ether oxygens (including phenoxy) is 3. The predicted octanol–water partition coefficient (Wildman–Crippen LogP) is 19.3. The molecule has 6 heteroatoms. The van der Waals surface area contributed by atoms with Gasteiger partial charge in [0.1, 0.15) is 13.2 Å². The Morgan fingerprint density at radius 1 is 0.323 bits per heavy atom. The van der Waals surface area contributed by atoms with Gasteiger partial charge in [-0.05, 0) is 31.1 Å². The fourth-order valence-electron chi connectivity index (χ4n) is 9.02. The molecule has 0 saturated heterocycles. The zero-order chi connectivity index (χ0) is 47.5. The van der Waals surface area contributed by atoms with Crippen LogP contribution in [0.1, 0.15) is 330 Å². The lowest BCUT2D eigenvalue weighted by molar-refractivity contribution is -0.167. The third-order valence-corrected chi connectivity index (χ3v) is 13.8. The Morgan fingerprint density at radius 3 is 0.877 bits per heavy atom. The molecule has 0 saturated carbocycles. The van der Waals surface area contributed by atoms with E-state index >= 15 is 0 Å². The van der Waals surface area contributed by atoms with E-state index in [4.69, 9.17) is 14.2 Å². The van der Waals surface area contributed by atoms with Crippen LogP contribution in [0.25, 0.3) is 0 Å². The van der Waals surface area contributed by atoms with E-state index in [1.165, 1.54) is 218 Å². The van der Waals surface area contributed by atoms with Gasteiger partial charge in [0, 0.05) is 19.3 Å². The molecule has 0 spiro atoms. The van der Waals surface area contributed by atoms with Gasteiger partial charge in [0.25, 0.3) is 0 Å². The molecule has 0 heterocycles. The summed E-state index contributed by atoms with van der Waals surface area (Å²) >= 11 is 0. The van der Waals surface area contributed by atoms with E-state index in [0.717, 1.165) is 69.6 Å². The second kappa shape index (κ2) is 51.8. The maximum absolute atomic E-state index is 12.8. The normalized spacial score (nSPS) is 12.5. The summed E-state index contributed by atoms with van der Waals surface area (Å²) in [6.45, 7) is 11.4. The molecule has 0 aliphatic heterocycles. The summed E-state index contributed by atoms with van der Waals surface area (Å²) in [6.07, 6.45) is 55.4. The van der Waals surface area contributed by atoms with Crippen molar-refractivity contribution in [1.29, 1.82) is 0 Å². The van der Waals surface area contributed by atoms with E-state index in [-0.39, 0.29) is 31.1 Å². The van der Waals surface area contributed by atoms with Crippen molar-refractivity contribution < 1.29 is 28.6 Å². The van der Waals surface area contributed by atoms with Crippen molar-refractivity contribution >= 4 is 17.9 Å². The van der Waals surface area contributed by atoms with Gasteiger partial charge < -0.3 is 14.2 Å². The topological polar surface area (TPSA) is 78.9 Å². The minimum atomic E-state index is -0.763. The number of hydrogen-bond donors (Lipinski definition) is 0. The number of unbranched alkanes of at least 4 members (excludes halogenated alkanes) is 37. The van der Waals surface area contributed by atoms with Gasteiger partial charge in [0.2, 0.25) is 0 Å². The first-order valence-corrected chi connectivity index (χ1v) is 29.3. The Labute approximate surface area is 406 Å². The molecule has 0 aliphatic carbocycles. The quantitative estimate of drug-likeness (QED) is 0.0344. The van der Waals surface area contributed by atoms with Gasteiger partial charge in [0.15, 0.2) is 6.10 Å². The Morgan fingerprint density at radius 2 is 0.585 bits per heavy atom. The molecule has 0 rings (SSSR count). The molecule has 0 aromatic heterocycles. The standard InChI is InChI=1S/C59H114O6/c1-6-8-9-10-11-12-13-14-15-21-25-28-31-34-41-46-51-59(62)65-56(53-64-58(61)50-45-40-36-35-37-42-47-54(3)4)52-63-57(60)49-44-39-33-30-27-24-22-19-17-16-18-20-23-26-29-32-38-43-48-55(5)7-2/h54-56H,6-53H2,1-5H3/t55?,56-/m0/s1. The van der Waals surface area contributed by atoms with Crippen molar-refractivity contribution in [2.45, 2.75) is 336 Å². The zero-order valence-corrected chi connectivity index (χ0v) is 44.6. The maximum Gasteiger partial charge on any atom is 0.306 e. The Balaban J connectivity index is 4.17. The van der Waals surface area contributed by atoms with Gasteiger partial charge in [-0.15, -0.1) is 0 Å². The Bertz CT molecular complexity index is 995. The monoisotopic (exact) mass is 919 g/mol. The van der Waals surface area contributed by atoms with E-state index in [0.29, 0.717) is 19.3 Å². The van der Waals surface area contributed by atoms with E-state index in [1.54, 1.807) is 0 Å².